The molecule has 0 aromatic rings. The maximum Gasteiger partial charge on any atom is 0.492 e. The highest BCUT2D eigenvalue weighted by Gasteiger charge is 2.43. The van der Waals surface area contributed by atoms with Gasteiger partial charge in [0.15, 0.2) is 0 Å². The van der Waals surface area contributed by atoms with Crippen molar-refractivity contribution in [1.29, 1.82) is 0 Å². The molecule has 1 aliphatic heterocycles. The molecule has 1 aliphatic rings. The minimum Gasteiger partial charge on any atom is -0.380 e. The molecule has 82 valence electrons. The quantitative estimate of drug-likeness (QED) is 0.677. The van der Waals surface area contributed by atoms with Crippen LogP contribution in [-0.2, 0) is 14.4 Å². The van der Waals surface area contributed by atoms with E-state index < -0.39 is 12.1 Å². The summed E-state index contributed by atoms with van der Waals surface area (Å²) in [4.78, 5) is 14.5. The van der Waals surface area contributed by atoms with Crippen LogP contribution < -0.4 is 0 Å². The first-order chi connectivity index (χ1) is 6.43. The van der Waals surface area contributed by atoms with Crippen molar-refractivity contribution in [2.24, 2.45) is 0 Å². The lowest BCUT2D eigenvalue weighted by Gasteiger charge is -2.15. The van der Waals surface area contributed by atoms with Crippen molar-refractivity contribution in [3.05, 3.63) is 0 Å². The Hall–Kier alpha value is -0.820. The van der Waals surface area contributed by atoms with E-state index in [9.17, 15) is 18.0 Å². The molecule has 1 rings (SSSR count). The van der Waals surface area contributed by atoms with Crippen molar-refractivity contribution in [1.82, 2.24) is 5.06 Å². The first-order valence-electron chi connectivity index (χ1n) is 4.00. The number of halogens is 3. The summed E-state index contributed by atoms with van der Waals surface area (Å²) in [6, 6.07) is 0. The zero-order valence-electron chi connectivity index (χ0n) is 7.50. The molecule has 1 fully saturated rings. The summed E-state index contributed by atoms with van der Waals surface area (Å²) in [5, 5.41) is 0.962. The molecule has 0 unspecified atom stereocenters. The van der Waals surface area contributed by atoms with Crippen molar-refractivity contribution in [2.45, 2.75) is 18.7 Å². The fraction of sp³-hybridized carbons (Fsp3) is 0.857. The molecule has 0 spiro atoms. The van der Waals surface area contributed by atoms with E-state index in [1.54, 1.807) is 0 Å². The smallest absolute Gasteiger partial charge is 0.380 e. The third-order valence-electron chi connectivity index (χ3n) is 1.88. The van der Waals surface area contributed by atoms with Crippen LogP contribution in [0.25, 0.3) is 0 Å². The Morgan fingerprint density at radius 1 is 1.50 bits per heavy atom. The van der Waals surface area contributed by atoms with Gasteiger partial charge in [-0.05, 0) is 6.42 Å². The van der Waals surface area contributed by atoms with E-state index in [1.165, 1.54) is 7.11 Å². The first kappa shape index (κ1) is 11.3. The van der Waals surface area contributed by atoms with Crippen LogP contribution in [-0.4, -0.2) is 43.5 Å². The van der Waals surface area contributed by atoms with Gasteiger partial charge >= 0.3 is 12.1 Å². The van der Waals surface area contributed by atoms with E-state index in [4.69, 9.17) is 4.74 Å². The van der Waals surface area contributed by atoms with Gasteiger partial charge in [0.05, 0.1) is 12.6 Å². The van der Waals surface area contributed by atoms with Crippen LogP contribution >= 0.6 is 0 Å². The number of carbonyl (C=O) groups is 1. The molecule has 4 nitrogen and oxygen atoms in total. The number of ether oxygens (including phenoxy) is 1. The van der Waals surface area contributed by atoms with Gasteiger partial charge in [-0.25, -0.2) is 4.79 Å². The summed E-state index contributed by atoms with van der Waals surface area (Å²) in [7, 11) is 1.46. The summed E-state index contributed by atoms with van der Waals surface area (Å²) in [6.07, 6.45) is -4.55. The number of rotatable bonds is 2. The van der Waals surface area contributed by atoms with E-state index in [2.05, 4.69) is 4.84 Å². The van der Waals surface area contributed by atoms with Crippen molar-refractivity contribution in [2.75, 3.05) is 20.2 Å². The predicted molar refractivity (Wildman–Crippen MR) is 39.1 cm³/mol. The average Bonchev–Trinajstić information content (AvgIpc) is 2.50. The number of alkyl halides is 3. The molecule has 0 radical (unpaired) electrons. The molecule has 14 heavy (non-hydrogen) atoms. The Balaban J connectivity index is 2.36. The van der Waals surface area contributed by atoms with Gasteiger partial charge in [-0.3, -0.25) is 0 Å². The van der Waals surface area contributed by atoms with Gasteiger partial charge in [0.1, 0.15) is 0 Å². The largest absolute Gasteiger partial charge is 0.492 e. The highest BCUT2D eigenvalue weighted by atomic mass is 19.4. The second kappa shape index (κ2) is 4.14. The Labute approximate surface area is 78.5 Å². The van der Waals surface area contributed by atoms with Crippen LogP contribution in [0, 0.1) is 0 Å². The Kier molecular flexibility index (Phi) is 3.33. The lowest BCUT2D eigenvalue weighted by Crippen LogP contribution is -2.34. The van der Waals surface area contributed by atoms with Crippen molar-refractivity contribution in [3.63, 3.8) is 0 Å². The lowest BCUT2D eigenvalue weighted by atomic mass is 10.3. The average molecular weight is 213 g/mol. The maximum atomic E-state index is 11.7. The number of nitrogens with zero attached hydrogens (tertiary/aromatic N) is 1. The molecular formula is C7H10F3NO3. The number of hydrogen-bond donors (Lipinski definition) is 0. The van der Waals surface area contributed by atoms with Crippen LogP contribution in [0.1, 0.15) is 6.42 Å². The number of methoxy groups -OCH3 is 1. The van der Waals surface area contributed by atoms with Crippen LogP contribution in [0.4, 0.5) is 13.2 Å². The fourth-order valence-corrected chi connectivity index (χ4v) is 1.14. The van der Waals surface area contributed by atoms with Gasteiger partial charge in [0.2, 0.25) is 0 Å². The molecule has 7 heteroatoms. The molecule has 0 amide bonds. The Morgan fingerprint density at radius 3 is 2.57 bits per heavy atom. The van der Waals surface area contributed by atoms with E-state index in [0.717, 1.165) is 5.06 Å². The second-order valence-electron chi connectivity index (χ2n) is 2.91. The number of carbonyl (C=O) groups excluding carboxylic acids is 1. The SMILES string of the molecule is CO[C@@H]1CCN(OC(=O)C(F)(F)F)C1. The van der Waals surface area contributed by atoms with Crippen LogP contribution in [0.5, 0.6) is 0 Å². The van der Waals surface area contributed by atoms with Crippen LogP contribution in [0.2, 0.25) is 0 Å². The van der Waals surface area contributed by atoms with Crippen molar-refractivity contribution >= 4 is 5.97 Å². The molecule has 0 aromatic carbocycles. The Morgan fingerprint density at radius 2 is 2.14 bits per heavy atom. The summed E-state index contributed by atoms with van der Waals surface area (Å²) < 4.78 is 40.1. The number of hydroxylamine groups is 2. The van der Waals surface area contributed by atoms with Gasteiger partial charge in [-0.15, -0.1) is 5.06 Å². The van der Waals surface area contributed by atoms with Crippen molar-refractivity contribution < 1.29 is 27.5 Å². The van der Waals surface area contributed by atoms with Crippen LogP contribution in [0.3, 0.4) is 0 Å². The maximum absolute atomic E-state index is 11.7. The van der Waals surface area contributed by atoms with E-state index >= 15 is 0 Å². The molecule has 1 saturated heterocycles. The molecule has 1 heterocycles. The highest BCUT2D eigenvalue weighted by molar-refractivity contribution is 5.75. The van der Waals surface area contributed by atoms with Crippen LogP contribution in [0.15, 0.2) is 0 Å². The molecule has 0 N–H and O–H groups in total. The lowest BCUT2D eigenvalue weighted by molar-refractivity contribution is -0.235. The first-order valence-corrected chi connectivity index (χ1v) is 4.00. The molecule has 0 bridgehead atoms. The standard InChI is InChI=1S/C7H10F3NO3/c1-13-5-2-3-11(4-5)14-6(12)7(8,9)10/h5H,2-4H2,1H3/t5-/m1/s1. The van der Waals surface area contributed by atoms with Crippen molar-refractivity contribution in [3.8, 4) is 0 Å². The van der Waals surface area contributed by atoms with Gasteiger partial charge in [0, 0.05) is 13.7 Å². The zero-order valence-corrected chi connectivity index (χ0v) is 7.50. The van der Waals surface area contributed by atoms with E-state index in [-0.39, 0.29) is 19.2 Å². The predicted octanol–water partition coefficient (Wildman–Crippen LogP) is 0.728. The fourth-order valence-electron chi connectivity index (χ4n) is 1.14. The normalized spacial score (nSPS) is 23.9. The summed E-state index contributed by atoms with van der Waals surface area (Å²) in [6.45, 7) is 0.443. The third-order valence-corrected chi connectivity index (χ3v) is 1.88. The zero-order chi connectivity index (χ0) is 10.8. The molecule has 0 saturated carbocycles. The van der Waals surface area contributed by atoms with Gasteiger partial charge in [0.25, 0.3) is 0 Å². The molecule has 1 atom stereocenters. The third kappa shape index (κ3) is 2.85. The van der Waals surface area contributed by atoms with Gasteiger partial charge in [-0.1, -0.05) is 0 Å². The summed E-state index contributed by atoms with van der Waals surface area (Å²) >= 11 is 0. The minimum atomic E-state index is -4.94. The number of hydrogen-bond acceptors (Lipinski definition) is 4. The monoisotopic (exact) mass is 213 g/mol. The minimum absolute atomic E-state index is 0.170. The highest BCUT2D eigenvalue weighted by Crippen LogP contribution is 2.19. The summed E-state index contributed by atoms with van der Waals surface area (Å²) in [5.74, 6) is -2.19. The van der Waals surface area contributed by atoms with E-state index in [0.29, 0.717) is 6.42 Å². The molecule has 0 aliphatic carbocycles. The molecular weight excluding hydrogens is 203 g/mol. The molecule has 0 aromatic heterocycles. The summed E-state index contributed by atoms with van der Waals surface area (Å²) in [5.41, 5.74) is 0. The van der Waals surface area contributed by atoms with Gasteiger partial charge < -0.3 is 9.57 Å². The van der Waals surface area contributed by atoms with E-state index in [1.807, 2.05) is 0 Å². The second-order valence-corrected chi connectivity index (χ2v) is 2.91. The topological polar surface area (TPSA) is 38.8 Å². The van der Waals surface area contributed by atoms with Gasteiger partial charge in [-0.2, -0.15) is 13.2 Å². The Bertz CT molecular complexity index is 219.